The molecule has 0 bridgehead atoms. The summed E-state index contributed by atoms with van der Waals surface area (Å²) in [7, 11) is -3.52. The van der Waals surface area contributed by atoms with Gasteiger partial charge in [0.15, 0.2) is 0 Å². The Morgan fingerprint density at radius 2 is 2.24 bits per heavy atom. The monoisotopic (exact) mass is 274 g/mol. The molecule has 2 N–H and O–H groups in total. The molecule has 2 rings (SSSR count). The van der Waals surface area contributed by atoms with Crippen LogP contribution in [0.25, 0.3) is 0 Å². The molecule has 1 aromatic rings. The van der Waals surface area contributed by atoms with E-state index in [1.54, 1.807) is 18.2 Å². The highest BCUT2D eigenvalue weighted by Crippen LogP contribution is 2.22. The molecule has 0 saturated carbocycles. The number of aryl methyl sites for hydroxylation is 1. The van der Waals surface area contributed by atoms with E-state index in [4.69, 9.17) is 11.6 Å². The minimum absolute atomic E-state index is 0.0448. The maximum Gasteiger partial charge on any atom is 0.242 e. The molecule has 1 aliphatic heterocycles. The lowest BCUT2D eigenvalue weighted by Gasteiger charge is -2.13. The molecule has 1 atom stereocenters. The Hall–Kier alpha value is -0.620. The van der Waals surface area contributed by atoms with Crippen LogP contribution in [0, 0.1) is 6.92 Å². The van der Waals surface area contributed by atoms with Crippen molar-refractivity contribution in [2.45, 2.75) is 24.3 Å². The van der Waals surface area contributed by atoms with Gasteiger partial charge in [-0.3, -0.25) is 0 Å². The first kappa shape index (κ1) is 12.8. The SMILES string of the molecule is Cc1ccc(Cl)c(S(=O)(=O)NC2CCNC2)c1. The normalized spacial score (nSPS) is 20.7. The Labute approximate surface area is 106 Å². The first-order chi connectivity index (χ1) is 7.99. The van der Waals surface area contributed by atoms with Gasteiger partial charge in [0.1, 0.15) is 4.90 Å². The molecule has 4 nitrogen and oxygen atoms in total. The summed E-state index contributed by atoms with van der Waals surface area (Å²) in [4.78, 5) is 0.158. The quantitative estimate of drug-likeness (QED) is 0.873. The third kappa shape index (κ3) is 2.98. The lowest BCUT2D eigenvalue weighted by Crippen LogP contribution is -2.36. The third-order valence-electron chi connectivity index (χ3n) is 2.76. The molecule has 0 aliphatic carbocycles. The number of benzene rings is 1. The maximum absolute atomic E-state index is 12.1. The van der Waals surface area contributed by atoms with Crippen LogP contribution in [0.4, 0.5) is 0 Å². The van der Waals surface area contributed by atoms with E-state index in [-0.39, 0.29) is 16.0 Å². The molecule has 6 heteroatoms. The van der Waals surface area contributed by atoms with Gasteiger partial charge in [-0.2, -0.15) is 0 Å². The first-order valence-electron chi connectivity index (χ1n) is 5.48. The van der Waals surface area contributed by atoms with E-state index in [1.165, 1.54) is 0 Å². The zero-order valence-electron chi connectivity index (χ0n) is 9.53. The molecule has 0 amide bonds. The molecule has 1 unspecified atom stereocenters. The zero-order chi connectivity index (χ0) is 12.5. The van der Waals surface area contributed by atoms with Crippen LogP contribution in [0.3, 0.4) is 0 Å². The fraction of sp³-hybridized carbons (Fsp3) is 0.455. The van der Waals surface area contributed by atoms with Crippen molar-refractivity contribution in [1.82, 2.24) is 10.0 Å². The van der Waals surface area contributed by atoms with Gasteiger partial charge in [-0.15, -0.1) is 0 Å². The first-order valence-corrected chi connectivity index (χ1v) is 7.34. The fourth-order valence-corrected chi connectivity index (χ4v) is 3.71. The number of rotatable bonds is 3. The van der Waals surface area contributed by atoms with E-state index < -0.39 is 10.0 Å². The number of hydrogen-bond donors (Lipinski definition) is 2. The van der Waals surface area contributed by atoms with E-state index in [2.05, 4.69) is 10.0 Å². The van der Waals surface area contributed by atoms with E-state index in [0.717, 1.165) is 18.5 Å². The predicted octanol–water partition coefficient (Wildman–Crippen LogP) is 1.29. The highest BCUT2D eigenvalue weighted by atomic mass is 35.5. The molecule has 0 radical (unpaired) electrons. The van der Waals surface area contributed by atoms with Gasteiger partial charge < -0.3 is 5.32 Å². The van der Waals surface area contributed by atoms with Gasteiger partial charge in [0.2, 0.25) is 10.0 Å². The molecule has 1 saturated heterocycles. The minimum Gasteiger partial charge on any atom is -0.315 e. The van der Waals surface area contributed by atoms with E-state index in [9.17, 15) is 8.42 Å². The summed E-state index contributed by atoms with van der Waals surface area (Å²) in [5, 5.41) is 3.37. The minimum atomic E-state index is -3.52. The summed E-state index contributed by atoms with van der Waals surface area (Å²) in [6.07, 6.45) is 0.808. The lowest BCUT2D eigenvalue weighted by molar-refractivity contribution is 0.560. The van der Waals surface area contributed by atoms with Crippen LogP contribution < -0.4 is 10.0 Å². The van der Waals surface area contributed by atoms with Crippen molar-refractivity contribution in [3.63, 3.8) is 0 Å². The van der Waals surface area contributed by atoms with Crippen LogP contribution in [-0.2, 0) is 10.0 Å². The Bertz CT molecular complexity index is 510. The van der Waals surface area contributed by atoms with Gasteiger partial charge in [0.05, 0.1) is 5.02 Å². The van der Waals surface area contributed by atoms with Crippen molar-refractivity contribution in [2.75, 3.05) is 13.1 Å². The van der Waals surface area contributed by atoms with Crippen LogP contribution in [0.1, 0.15) is 12.0 Å². The summed E-state index contributed by atoms with van der Waals surface area (Å²) in [5.74, 6) is 0. The largest absolute Gasteiger partial charge is 0.315 e. The topological polar surface area (TPSA) is 58.2 Å². The Balaban J connectivity index is 2.27. The molecule has 1 aliphatic rings. The van der Waals surface area contributed by atoms with Gasteiger partial charge in [0, 0.05) is 12.6 Å². The summed E-state index contributed by atoms with van der Waals surface area (Å²) in [5.41, 5.74) is 0.874. The van der Waals surface area contributed by atoms with Crippen molar-refractivity contribution in [2.24, 2.45) is 0 Å². The van der Waals surface area contributed by atoms with Gasteiger partial charge in [-0.05, 0) is 37.6 Å². The highest BCUT2D eigenvalue weighted by molar-refractivity contribution is 7.89. The molecule has 0 aromatic heterocycles. The summed E-state index contributed by atoms with van der Waals surface area (Å²) < 4.78 is 26.9. The Morgan fingerprint density at radius 3 is 2.88 bits per heavy atom. The summed E-state index contributed by atoms with van der Waals surface area (Å²) in [6, 6.07) is 4.95. The maximum atomic E-state index is 12.1. The fourth-order valence-electron chi connectivity index (χ4n) is 1.85. The highest BCUT2D eigenvalue weighted by Gasteiger charge is 2.24. The molecular formula is C11H15ClN2O2S. The second-order valence-electron chi connectivity index (χ2n) is 4.24. The summed E-state index contributed by atoms with van der Waals surface area (Å²) >= 11 is 5.93. The van der Waals surface area contributed by atoms with Crippen molar-refractivity contribution >= 4 is 21.6 Å². The molecule has 17 heavy (non-hydrogen) atoms. The molecule has 1 fully saturated rings. The van der Waals surface area contributed by atoms with Crippen molar-refractivity contribution in [3.8, 4) is 0 Å². The average Bonchev–Trinajstić information content (AvgIpc) is 2.73. The third-order valence-corrected chi connectivity index (χ3v) is 4.76. The number of hydrogen-bond acceptors (Lipinski definition) is 3. The van der Waals surface area contributed by atoms with E-state index in [1.807, 2.05) is 6.92 Å². The van der Waals surface area contributed by atoms with Gasteiger partial charge in [-0.1, -0.05) is 17.7 Å². The average molecular weight is 275 g/mol. The molecular weight excluding hydrogens is 260 g/mol. The summed E-state index contributed by atoms with van der Waals surface area (Å²) in [6.45, 7) is 3.35. The standard InChI is InChI=1S/C11H15ClN2O2S/c1-8-2-3-10(12)11(6-8)17(15,16)14-9-4-5-13-7-9/h2-3,6,9,13-14H,4-5,7H2,1H3. The van der Waals surface area contributed by atoms with Gasteiger partial charge in [0.25, 0.3) is 0 Å². The van der Waals surface area contributed by atoms with Gasteiger partial charge >= 0.3 is 0 Å². The predicted molar refractivity (Wildman–Crippen MR) is 67.8 cm³/mol. The number of sulfonamides is 1. The van der Waals surface area contributed by atoms with E-state index in [0.29, 0.717) is 6.54 Å². The van der Waals surface area contributed by atoms with Crippen molar-refractivity contribution in [3.05, 3.63) is 28.8 Å². The van der Waals surface area contributed by atoms with Crippen LogP contribution in [-0.4, -0.2) is 27.5 Å². The van der Waals surface area contributed by atoms with Crippen LogP contribution in [0.2, 0.25) is 5.02 Å². The second-order valence-corrected chi connectivity index (χ2v) is 6.33. The molecule has 94 valence electrons. The number of halogens is 1. The number of nitrogens with one attached hydrogen (secondary N) is 2. The second kappa shape index (κ2) is 4.94. The van der Waals surface area contributed by atoms with Crippen molar-refractivity contribution in [1.29, 1.82) is 0 Å². The molecule has 1 heterocycles. The van der Waals surface area contributed by atoms with Crippen molar-refractivity contribution < 1.29 is 8.42 Å². The van der Waals surface area contributed by atoms with Crippen LogP contribution >= 0.6 is 11.6 Å². The zero-order valence-corrected chi connectivity index (χ0v) is 11.1. The molecule has 0 spiro atoms. The smallest absolute Gasteiger partial charge is 0.242 e. The van der Waals surface area contributed by atoms with E-state index >= 15 is 0 Å². The van der Waals surface area contributed by atoms with Crippen LogP contribution in [0.5, 0.6) is 0 Å². The van der Waals surface area contributed by atoms with Crippen LogP contribution in [0.15, 0.2) is 23.1 Å². The Kier molecular flexibility index (Phi) is 3.73. The molecule has 1 aromatic carbocycles. The lowest BCUT2D eigenvalue weighted by atomic mass is 10.2. The van der Waals surface area contributed by atoms with Gasteiger partial charge in [-0.25, -0.2) is 13.1 Å². The Morgan fingerprint density at radius 1 is 1.47 bits per heavy atom.